The first kappa shape index (κ1) is 9.85. The van der Waals surface area contributed by atoms with E-state index >= 15 is 0 Å². The largest absolute Gasteiger partial charge is 0.343 e. The molecule has 0 unspecified atom stereocenters. The maximum Gasteiger partial charge on any atom is 0 e. The Hall–Kier alpha value is 0.688. The van der Waals surface area contributed by atoms with Gasteiger partial charge in [0, 0.05) is 21.1 Å². The summed E-state index contributed by atoms with van der Waals surface area (Å²) in [7, 11) is 0. The fourth-order valence-corrected chi connectivity index (χ4v) is 0. The van der Waals surface area contributed by atoms with Crippen LogP contribution in [0.2, 0.25) is 0 Å². The fourth-order valence-electron chi connectivity index (χ4n) is 0. The maximum atomic E-state index is 3.69. The third kappa shape index (κ3) is 8.82. The molecule has 0 aromatic heterocycles. The third-order valence-corrected chi connectivity index (χ3v) is 0.577. The summed E-state index contributed by atoms with van der Waals surface area (Å²) in [5.41, 5.74) is 0. The van der Waals surface area contributed by atoms with Crippen LogP contribution < -0.4 is 0 Å². The van der Waals surface area contributed by atoms with E-state index in [4.69, 9.17) is 0 Å². The minimum absolute atomic E-state index is 0. The van der Waals surface area contributed by atoms with Gasteiger partial charge in [-0.25, -0.2) is 0 Å². The van der Waals surface area contributed by atoms with Crippen LogP contribution in [-0.2, 0) is 21.1 Å². The van der Waals surface area contributed by atoms with Crippen molar-refractivity contribution in [2.75, 3.05) is 0 Å². The van der Waals surface area contributed by atoms with Gasteiger partial charge in [0.05, 0.1) is 0 Å². The molecule has 6 heavy (non-hydrogen) atoms. The van der Waals surface area contributed by atoms with Gasteiger partial charge in [0.25, 0.3) is 0 Å². The van der Waals surface area contributed by atoms with Crippen LogP contribution in [0.5, 0.6) is 0 Å². The second-order valence-corrected chi connectivity index (χ2v) is 1.68. The van der Waals surface area contributed by atoms with E-state index in [-0.39, 0.29) is 21.1 Å². The molecule has 0 heterocycles. The van der Waals surface area contributed by atoms with Crippen molar-refractivity contribution in [3.63, 3.8) is 0 Å². The van der Waals surface area contributed by atoms with Crippen molar-refractivity contribution in [1.82, 2.24) is 0 Å². The molecule has 0 fully saturated rings. The quantitative estimate of drug-likeness (QED) is 0.627. The van der Waals surface area contributed by atoms with E-state index in [2.05, 4.69) is 20.8 Å². The Balaban J connectivity index is 0. The molecule has 0 rings (SSSR count). The molecule has 38 valence electrons. The Bertz CT molecular complexity index is 17.9. The molecule has 0 saturated heterocycles. The van der Waals surface area contributed by atoms with Gasteiger partial charge in [-0.05, 0) is 0 Å². The zero-order chi connectivity index (χ0) is 4.28. The SMILES string of the molecule is [CH2-]CC(C)C.[W]. The molecule has 0 spiro atoms. The van der Waals surface area contributed by atoms with Crippen molar-refractivity contribution in [3.05, 3.63) is 6.92 Å². The molecule has 0 nitrogen and oxygen atoms in total. The summed E-state index contributed by atoms with van der Waals surface area (Å²) < 4.78 is 0. The number of rotatable bonds is 1. The molecule has 0 aromatic rings. The summed E-state index contributed by atoms with van der Waals surface area (Å²) in [6.45, 7) is 8.00. The number of hydrogen-bond donors (Lipinski definition) is 0. The van der Waals surface area contributed by atoms with Crippen LogP contribution in [0.25, 0.3) is 0 Å². The Morgan fingerprint density at radius 3 is 1.67 bits per heavy atom. The first-order valence-corrected chi connectivity index (χ1v) is 2.06. The normalized spacial score (nSPS) is 8.00. The van der Waals surface area contributed by atoms with Crippen LogP contribution in [0.15, 0.2) is 0 Å². The van der Waals surface area contributed by atoms with Gasteiger partial charge in [-0.15, -0.1) is 0 Å². The van der Waals surface area contributed by atoms with Crippen LogP contribution in [0, 0.1) is 12.8 Å². The smallest absolute Gasteiger partial charge is 0 e. The Morgan fingerprint density at radius 2 is 1.67 bits per heavy atom. The van der Waals surface area contributed by atoms with Gasteiger partial charge in [-0.2, -0.15) is 6.42 Å². The van der Waals surface area contributed by atoms with Crippen molar-refractivity contribution in [2.45, 2.75) is 20.3 Å². The van der Waals surface area contributed by atoms with E-state index in [1.807, 2.05) is 0 Å². The molecule has 0 aliphatic carbocycles. The first-order chi connectivity index (χ1) is 2.27. The molecule has 0 atom stereocenters. The molecule has 0 aliphatic heterocycles. The van der Waals surface area contributed by atoms with E-state index in [1.54, 1.807) is 0 Å². The topological polar surface area (TPSA) is 0 Å². The van der Waals surface area contributed by atoms with E-state index < -0.39 is 0 Å². The number of hydrogen-bond acceptors (Lipinski definition) is 0. The van der Waals surface area contributed by atoms with Crippen molar-refractivity contribution >= 4 is 0 Å². The summed E-state index contributed by atoms with van der Waals surface area (Å²) in [5, 5.41) is 0. The predicted molar refractivity (Wildman–Crippen MR) is 24.8 cm³/mol. The van der Waals surface area contributed by atoms with Gasteiger partial charge in [-0.3, -0.25) is 0 Å². The molecule has 1 heteroatoms. The minimum Gasteiger partial charge on any atom is -0.343 e. The Kier molecular flexibility index (Phi) is 9.33. The summed E-state index contributed by atoms with van der Waals surface area (Å²) in [6, 6.07) is 0. The van der Waals surface area contributed by atoms with Gasteiger partial charge < -0.3 is 6.92 Å². The zero-order valence-electron chi connectivity index (χ0n) is 4.40. The molecule has 0 bridgehead atoms. The van der Waals surface area contributed by atoms with Crippen molar-refractivity contribution < 1.29 is 21.1 Å². The van der Waals surface area contributed by atoms with E-state index in [0.29, 0.717) is 0 Å². The van der Waals surface area contributed by atoms with Crippen LogP contribution in [-0.4, -0.2) is 0 Å². The monoisotopic (exact) mass is 255 g/mol. The average Bonchev–Trinajstić information content (AvgIpc) is 1.38. The van der Waals surface area contributed by atoms with Gasteiger partial charge >= 0.3 is 0 Å². The van der Waals surface area contributed by atoms with E-state index in [1.165, 1.54) is 0 Å². The molecule has 0 amide bonds. The Labute approximate surface area is 54.6 Å². The summed E-state index contributed by atoms with van der Waals surface area (Å²) in [5.74, 6) is 0.773. The van der Waals surface area contributed by atoms with Crippen LogP contribution in [0.4, 0.5) is 0 Å². The summed E-state index contributed by atoms with van der Waals surface area (Å²) in [4.78, 5) is 0. The van der Waals surface area contributed by atoms with Crippen molar-refractivity contribution in [2.24, 2.45) is 5.92 Å². The molecule has 0 aromatic carbocycles. The van der Waals surface area contributed by atoms with Crippen molar-refractivity contribution in [3.8, 4) is 0 Å². The van der Waals surface area contributed by atoms with Gasteiger partial charge in [0.2, 0.25) is 0 Å². The third-order valence-electron chi connectivity index (χ3n) is 0.577. The molecular formula is C5H11W-. The van der Waals surface area contributed by atoms with Gasteiger partial charge in [0.15, 0.2) is 0 Å². The van der Waals surface area contributed by atoms with Crippen molar-refractivity contribution in [1.29, 1.82) is 0 Å². The minimum atomic E-state index is 0. The van der Waals surface area contributed by atoms with Crippen LogP contribution in [0.3, 0.4) is 0 Å². The Morgan fingerprint density at radius 1 is 1.50 bits per heavy atom. The first-order valence-electron chi connectivity index (χ1n) is 2.06. The van der Waals surface area contributed by atoms with E-state index in [9.17, 15) is 0 Å². The second kappa shape index (κ2) is 5.69. The second-order valence-electron chi connectivity index (χ2n) is 1.68. The van der Waals surface area contributed by atoms with E-state index in [0.717, 1.165) is 12.3 Å². The predicted octanol–water partition coefficient (Wildman–Crippen LogP) is 1.86. The molecule has 0 saturated carbocycles. The zero-order valence-corrected chi connectivity index (χ0v) is 7.33. The van der Waals surface area contributed by atoms with Gasteiger partial charge in [-0.1, -0.05) is 19.8 Å². The molecular weight excluding hydrogens is 244 g/mol. The van der Waals surface area contributed by atoms with Crippen LogP contribution >= 0.6 is 0 Å². The van der Waals surface area contributed by atoms with Crippen LogP contribution in [0.1, 0.15) is 20.3 Å². The summed E-state index contributed by atoms with van der Waals surface area (Å²) >= 11 is 0. The standard InChI is InChI=1S/C5H11.W/c1-4-5(2)3;/h5H,1,4H2,2-3H3;/q-1;. The molecule has 0 radical (unpaired) electrons. The molecule has 0 N–H and O–H groups in total. The molecule has 0 aliphatic rings. The maximum absolute atomic E-state index is 3.69. The van der Waals surface area contributed by atoms with Gasteiger partial charge in [0.1, 0.15) is 0 Å². The summed E-state index contributed by atoms with van der Waals surface area (Å²) in [6.07, 6.45) is 1.06. The average molecular weight is 255 g/mol. The fraction of sp³-hybridized carbons (Fsp3) is 0.800.